The molecular weight excluding hydrogens is 1300 g/mol. The topological polar surface area (TPSA) is 210 Å². The molecule has 0 saturated carbocycles. The summed E-state index contributed by atoms with van der Waals surface area (Å²) in [6.45, 7) is 12.6. The van der Waals surface area contributed by atoms with Gasteiger partial charge in [0, 0.05) is 104 Å². The Morgan fingerprint density at radius 1 is 0.629 bits per heavy atom. The van der Waals surface area contributed by atoms with Gasteiger partial charge < -0.3 is 59.3 Å². The number of piperazine rings is 1. The van der Waals surface area contributed by atoms with Crippen LogP contribution in [0.4, 0.5) is 22.7 Å². The zero-order chi connectivity index (χ0) is 66.9. The number of halogens is 3. The van der Waals surface area contributed by atoms with Crippen molar-refractivity contribution in [3.05, 3.63) is 253 Å². The third-order valence-electron chi connectivity index (χ3n) is 18.0. The first kappa shape index (κ1) is 66.6. The number of allylic oxidation sites excluding steroid dienone is 1. The average Bonchev–Trinajstić information content (AvgIpc) is 1.71. The Kier molecular flexibility index (Phi) is 20.8. The lowest BCUT2D eigenvalue weighted by molar-refractivity contribution is -0.804. The van der Waals surface area contributed by atoms with Gasteiger partial charge in [0.25, 0.3) is 0 Å². The SMILES string of the molecule is CCC(C)n1ncn(-c2ccc(NCCNc3ccc(OC[C@@H]4CO[C@](CC5=C[N-][NH+](CCC(C)n6ncn(-c7ccc(N8CCN(c9ccc(OC[C@@H]%10CO[C@](Cc%11ccnnc%11)(c%11ccccc%11Cl)O%10)cc9)CC8)cc7)c6=O)C=C5)(c5ccc(Cl)c(Cl)c5)O4)cc3)cc2)c1=O. The summed E-state index contributed by atoms with van der Waals surface area (Å²) in [5.41, 5.74) is 13.4. The van der Waals surface area contributed by atoms with Crippen LogP contribution in [0.1, 0.15) is 68.8 Å². The largest absolute Gasteiger partial charge is 0.491 e. The van der Waals surface area contributed by atoms with Crippen LogP contribution in [0.5, 0.6) is 11.5 Å². The van der Waals surface area contributed by atoms with E-state index in [0.717, 1.165) is 99.7 Å². The minimum atomic E-state index is -1.18. The van der Waals surface area contributed by atoms with Crippen molar-refractivity contribution in [3.8, 4) is 22.9 Å². The van der Waals surface area contributed by atoms with Crippen LogP contribution in [0.2, 0.25) is 15.1 Å². The lowest BCUT2D eigenvalue weighted by atomic mass is 9.97. The number of aromatic nitrogens is 8. The normalized spacial score (nSPS) is 20.7. The number of nitrogens with zero attached hydrogens (tertiary/aromatic N) is 11. The molecule has 0 radical (unpaired) electrons. The second-order valence-corrected chi connectivity index (χ2v) is 25.8. The summed E-state index contributed by atoms with van der Waals surface area (Å²) in [4.78, 5) is 31.4. The fraction of sp³-hybridized carbons (Fsp3) is 0.333. The summed E-state index contributed by atoms with van der Waals surface area (Å²) in [5.74, 6) is -0.812. The number of hydrogen-bond donors (Lipinski definition) is 3. The second kappa shape index (κ2) is 30.2. The van der Waals surface area contributed by atoms with Gasteiger partial charge in [-0.05, 0) is 153 Å². The van der Waals surface area contributed by atoms with Crippen molar-refractivity contribution >= 4 is 57.6 Å². The highest BCUT2D eigenvalue weighted by Gasteiger charge is 2.46. The monoisotopic (exact) mass is 1370 g/mol. The van der Waals surface area contributed by atoms with Gasteiger partial charge in [-0.2, -0.15) is 20.4 Å². The lowest BCUT2D eigenvalue weighted by Crippen LogP contribution is -3.03. The van der Waals surface area contributed by atoms with Crippen LogP contribution in [0.3, 0.4) is 0 Å². The first-order valence-corrected chi connectivity index (χ1v) is 33.9. The quantitative estimate of drug-likeness (QED) is 0.0409. The number of rotatable bonds is 27. The van der Waals surface area contributed by atoms with E-state index in [4.69, 9.17) is 68.6 Å². The summed E-state index contributed by atoms with van der Waals surface area (Å²) in [6.07, 6.45) is 13.9. The Morgan fingerprint density at radius 2 is 1.19 bits per heavy atom. The molecule has 6 aromatic carbocycles. The van der Waals surface area contributed by atoms with E-state index in [1.54, 1.807) is 51.0 Å². The summed E-state index contributed by atoms with van der Waals surface area (Å²) in [7, 11) is 0. The molecule has 4 aliphatic heterocycles. The first-order chi connectivity index (χ1) is 47.3. The number of nitrogens with one attached hydrogen (secondary N) is 3. The smallest absolute Gasteiger partial charge is 0.350 e. The van der Waals surface area contributed by atoms with E-state index >= 15 is 0 Å². The van der Waals surface area contributed by atoms with E-state index in [1.807, 2.05) is 148 Å². The van der Waals surface area contributed by atoms with Gasteiger partial charge in [-0.3, -0.25) is 0 Å². The molecule has 0 spiro atoms. The molecule has 3 aromatic heterocycles. The molecule has 97 heavy (non-hydrogen) atoms. The van der Waals surface area contributed by atoms with Crippen LogP contribution in [0.15, 0.2) is 204 Å². The molecule has 25 heteroatoms. The molecule has 3 fully saturated rings. The number of benzene rings is 6. The Morgan fingerprint density at radius 3 is 1.76 bits per heavy atom. The third kappa shape index (κ3) is 15.6. The molecule has 9 aromatic rings. The molecule has 4 aliphatic rings. The molecule has 3 unspecified atom stereocenters. The molecule has 7 heterocycles. The van der Waals surface area contributed by atoms with Gasteiger partial charge in [-0.15, -0.1) is 6.20 Å². The standard InChI is InChI=1S/C72H77Cl3N14O8/c1-4-50(2)88-69(90)86(48-81-88)59-14-10-55(11-15-59)76-31-32-77-56-12-22-61(23-13-56)92-44-63-46-94-71(96-63,54-9-26-67(74)68(75)39-54)40-53-29-34-85(80-43-53)33-28-51(3)89-70(91)87(49-82-89)60-18-16-57(17-19-60)83-35-37-84(38-36-83)58-20-24-62(25-21-58)93-45-64-47-95-72(97-64,41-52-27-30-78-79-42-52)65-7-5-6-8-66(65)73/h5-27,29-30,34,39,42-43,48-51,63-64,76-77,85H,4,28,31-33,35-38,40-41,44-47H2,1-3H3/t50?,51?,63-,64-,71+,72+/m1/s1. The van der Waals surface area contributed by atoms with Crippen LogP contribution >= 0.6 is 34.8 Å². The number of ether oxygens (including phenoxy) is 6. The summed E-state index contributed by atoms with van der Waals surface area (Å²) in [5, 5.41) is 25.9. The maximum Gasteiger partial charge on any atom is 0.350 e. The van der Waals surface area contributed by atoms with Crippen molar-refractivity contribution < 1.29 is 33.4 Å². The van der Waals surface area contributed by atoms with E-state index in [9.17, 15) is 9.59 Å². The van der Waals surface area contributed by atoms with Gasteiger partial charge in [0.05, 0.1) is 65.7 Å². The van der Waals surface area contributed by atoms with Gasteiger partial charge in [-0.25, -0.2) is 28.1 Å². The Hall–Kier alpha value is -8.97. The van der Waals surface area contributed by atoms with Crippen molar-refractivity contribution in [2.45, 2.75) is 82.3 Å². The Balaban J connectivity index is 0.538. The molecule has 0 bridgehead atoms. The lowest BCUT2D eigenvalue weighted by Gasteiger charge is -2.37. The zero-order valence-corrected chi connectivity index (χ0v) is 56.4. The molecule has 13 rings (SSSR count). The predicted molar refractivity (Wildman–Crippen MR) is 375 cm³/mol. The maximum absolute atomic E-state index is 13.9. The predicted octanol–water partition coefficient (Wildman–Crippen LogP) is 11.1. The molecular formula is C72H77Cl3N14O8. The molecule has 504 valence electrons. The van der Waals surface area contributed by atoms with Crippen LogP contribution in [-0.2, 0) is 36.9 Å². The van der Waals surface area contributed by atoms with Crippen molar-refractivity contribution in [1.29, 1.82) is 0 Å². The van der Waals surface area contributed by atoms with Crippen molar-refractivity contribution in [2.75, 3.05) is 92.7 Å². The fourth-order valence-electron chi connectivity index (χ4n) is 12.4. The van der Waals surface area contributed by atoms with E-state index in [-0.39, 0.29) is 42.8 Å². The van der Waals surface area contributed by atoms with Crippen LogP contribution < -0.4 is 46.3 Å². The Labute approximate surface area is 577 Å². The molecule has 0 amide bonds. The van der Waals surface area contributed by atoms with Crippen LogP contribution in [0.25, 0.3) is 16.8 Å². The van der Waals surface area contributed by atoms with Gasteiger partial charge in [0.15, 0.2) is 5.79 Å². The van der Waals surface area contributed by atoms with Gasteiger partial charge >= 0.3 is 11.4 Å². The maximum atomic E-state index is 13.9. The van der Waals surface area contributed by atoms with Crippen molar-refractivity contribution in [3.63, 3.8) is 0 Å². The van der Waals surface area contributed by atoms with Gasteiger partial charge in [0.1, 0.15) is 49.6 Å². The number of hydrogen-bond acceptors (Lipinski definition) is 16. The van der Waals surface area contributed by atoms with Crippen molar-refractivity contribution in [2.24, 2.45) is 0 Å². The molecule has 3 saturated heterocycles. The molecule has 0 aliphatic carbocycles. The van der Waals surface area contributed by atoms with E-state index < -0.39 is 17.7 Å². The van der Waals surface area contributed by atoms with Crippen LogP contribution in [-0.4, -0.2) is 123 Å². The average molecular weight is 1370 g/mol. The second-order valence-electron chi connectivity index (χ2n) is 24.6. The molecule has 22 nitrogen and oxygen atoms in total. The molecule has 7 atom stereocenters. The minimum absolute atomic E-state index is 0.0358. The van der Waals surface area contributed by atoms with Gasteiger partial charge in [0.2, 0.25) is 5.79 Å². The van der Waals surface area contributed by atoms with Crippen LogP contribution in [0, 0.1) is 0 Å². The highest BCUT2D eigenvalue weighted by molar-refractivity contribution is 6.42. The highest BCUT2D eigenvalue weighted by atomic mass is 35.5. The summed E-state index contributed by atoms with van der Waals surface area (Å²) >= 11 is 19.6. The minimum Gasteiger partial charge on any atom is -0.491 e. The van der Waals surface area contributed by atoms with Gasteiger partial charge in [-0.1, -0.05) is 71.6 Å². The first-order valence-electron chi connectivity index (χ1n) is 32.8. The summed E-state index contributed by atoms with van der Waals surface area (Å²) < 4.78 is 45.0. The van der Waals surface area contributed by atoms with E-state index in [0.29, 0.717) is 72.9 Å². The third-order valence-corrected chi connectivity index (χ3v) is 19.1. The van der Waals surface area contributed by atoms with E-state index in [1.165, 1.54) is 4.68 Å². The fourth-order valence-corrected chi connectivity index (χ4v) is 13.0. The number of quaternary nitrogens is 1. The number of anilines is 4. The Bertz CT molecular complexity index is 4300. The van der Waals surface area contributed by atoms with Crippen molar-refractivity contribution in [1.82, 2.24) is 38.9 Å². The molecule has 3 N–H and O–H groups in total. The zero-order valence-electron chi connectivity index (χ0n) is 54.1. The van der Waals surface area contributed by atoms with E-state index in [2.05, 4.69) is 65.1 Å². The summed E-state index contributed by atoms with van der Waals surface area (Å²) in [6, 6.07) is 46.5. The highest BCUT2D eigenvalue weighted by Crippen LogP contribution is 2.44.